The minimum absolute atomic E-state index is 0.715. The number of aryl methyl sites for hydroxylation is 2. The van der Waals surface area contributed by atoms with Crippen molar-refractivity contribution in [1.29, 1.82) is 0 Å². The Labute approximate surface area is 118 Å². The highest BCUT2D eigenvalue weighted by Crippen LogP contribution is 2.37. The lowest BCUT2D eigenvalue weighted by Crippen LogP contribution is -2.26. The number of hydrogen-bond acceptors (Lipinski definition) is 1. The van der Waals surface area contributed by atoms with E-state index in [2.05, 4.69) is 44.3 Å². The molecule has 0 aromatic heterocycles. The molecule has 1 saturated carbocycles. The van der Waals surface area contributed by atoms with Gasteiger partial charge in [-0.3, -0.25) is 0 Å². The zero-order valence-electron chi connectivity index (χ0n) is 12.8. The SMILES string of the molecule is CCCNCC(c1cc(C)cc(C)c1)C1CCCC1. The van der Waals surface area contributed by atoms with Crippen LogP contribution in [-0.2, 0) is 0 Å². The van der Waals surface area contributed by atoms with Gasteiger partial charge < -0.3 is 5.32 Å². The molecule has 1 fully saturated rings. The van der Waals surface area contributed by atoms with E-state index in [9.17, 15) is 0 Å². The monoisotopic (exact) mass is 259 g/mol. The predicted molar refractivity (Wildman–Crippen MR) is 83.8 cm³/mol. The first-order valence-corrected chi connectivity index (χ1v) is 7.99. The molecule has 1 nitrogen and oxygen atoms in total. The highest BCUT2D eigenvalue weighted by atomic mass is 14.9. The molecule has 0 aliphatic heterocycles. The maximum Gasteiger partial charge on any atom is 0.00228 e. The second kappa shape index (κ2) is 7.09. The van der Waals surface area contributed by atoms with Gasteiger partial charge in [-0.1, -0.05) is 49.1 Å². The van der Waals surface area contributed by atoms with Crippen LogP contribution >= 0.6 is 0 Å². The Morgan fingerprint density at radius 1 is 1.11 bits per heavy atom. The molecule has 2 rings (SSSR count). The van der Waals surface area contributed by atoms with Crippen molar-refractivity contribution in [2.24, 2.45) is 5.92 Å². The molecule has 1 aliphatic rings. The van der Waals surface area contributed by atoms with Gasteiger partial charge in [0.15, 0.2) is 0 Å². The van der Waals surface area contributed by atoms with Crippen molar-refractivity contribution in [2.75, 3.05) is 13.1 Å². The van der Waals surface area contributed by atoms with E-state index in [4.69, 9.17) is 0 Å². The first-order chi connectivity index (χ1) is 9.20. The van der Waals surface area contributed by atoms with Crippen LogP contribution in [0.15, 0.2) is 18.2 Å². The minimum Gasteiger partial charge on any atom is -0.316 e. The van der Waals surface area contributed by atoms with E-state index < -0.39 is 0 Å². The molecule has 0 heterocycles. The zero-order chi connectivity index (χ0) is 13.7. The largest absolute Gasteiger partial charge is 0.316 e. The second-order valence-electron chi connectivity index (χ2n) is 6.28. The third-order valence-corrected chi connectivity index (χ3v) is 4.43. The zero-order valence-corrected chi connectivity index (χ0v) is 12.8. The summed E-state index contributed by atoms with van der Waals surface area (Å²) in [6.07, 6.45) is 6.93. The Bertz CT molecular complexity index is 370. The lowest BCUT2D eigenvalue weighted by atomic mass is 9.83. The first kappa shape index (κ1) is 14.6. The summed E-state index contributed by atoms with van der Waals surface area (Å²) in [6.45, 7) is 8.99. The van der Waals surface area contributed by atoms with Crippen LogP contribution in [0.5, 0.6) is 0 Å². The summed E-state index contributed by atoms with van der Waals surface area (Å²) in [6, 6.07) is 7.10. The van der Waals surface area contributed by atoms with Crippen LogP contribution in [0.4, 0.5) is 0 Å². The molecule has 1 N–H and O–H groups in total. The molecule has 19 heavy (non-hydrogen) atoms. The van der Waals surface area contributed by atoms with Crippen LogP contribution in [0.3, 0.4) is 0 Å². The average Bonchev–Trinajstić information content (AvgIpc) is 2.87. The van der Waals surface area contributed by atoms with E-state index in [-0.39, 0.29) is 0 Å². The molecular weight excluding hydrogens is 230 g/mol. The molecule has 1 aliphatic carbocycles. The van der Waals surface area contributed by atoms with Crippen molar-refractivity contribution in [2.45, 2.75) is 58.8 Å². The molecule has 0 spiro atoms. The summed E-state index contributed by atoms with van der Waals surface area (Å²) in [4.78, 5) is 0. The minimum atomic E-state index is 0.715. The Kier molecular flexibility index (Phi) is 5.45. The molecule has 0 amide bonds. The summed E-state index contributed by atoms with van der Waals surface area (Å²) in [5.41, 5.74) is 4.38. The van der Waals surface area contributed by atoms with E-state index in [1.807, 2.05) is 0 Å². The van der Waals surface area contributed by atoms with Crippen molar-refractivity contribution in [1.82, 2.24) is 5.32 Å². The first-order valence-electron chi connectivity index (χ1n) is 7.99. The summed E-state index contributed by atoms with van der Waals surface area (Å²) in [5.74, 6) is 1.61. The van der Waals surface area contributed by atoms with Gasteiger partial charge in [-0.2, -0.15) is 0 Å². The fourth-order valence-electron chi connectivity index (χ4n) is 3.57. The molecule has 0 bridgehead atoms. The van der Waals surface area contributed by atoms with Crippen molar-refractivity contribution < 1.29 is 0 Å². The molecule has 106 valence electrons. The Balaban J connectivity index is 2.14. The van der Waals surface area contributed by atoms with Crippen LogP contribution < -0.4 is 5.32 Å². The van der Waals surface area contributed by atoms with Gasteiger partial charge in [0.05, 0.1) is 0 Å². The number of benzene rings is 1. The maximum atomic E-state index is 3.65. The van der Waals surface area contributed by atoms with Gasteiger partial charge in [0.1, 0.15) is 0 Å². The van der Waals surface area contributed by atoms with E-state index in [0.29, 0.717) is 5.92 Å². The summed E-state index contributed by atoms with van der Waals surface area (Å²) >= 11 is 0. The summed E-state index contributed by atoms with van der Waals surface area (Å²) < 4.78 is 0. The third-order valence-electron chi connectivity index (χ3n) is 4.43. The van der Waals surface area contributed by atoms with Crippen LogP contribution in [-0.4, -0.2) is 13.1 Å². The number of hydrogen-bond donors (Lipinski definition) is 1. The van der Waals surface area contributed by atoms with Crippen molar-refractivity contribution in [3.8, 4) is 0 Å². The van der Waals surface area contributed by atoms with Crippen LogP contribution in [0.25, 0.3) is 0 Å². The van der Waals surface area contributed by atoms with E-state index in [0.717, 1.165) is 19.0 Å². The van der Waals surface area contributed by atoms with Gasteiger partial charge in [0.25, 0.3) is 0 Å². The molecule has 1 unspecified atom stereocenters. The van der Waals surface area contributed by atoms with Crippen LogP contribution in [0, 0.1) is 19.8 Å². The normalized spacial score (nSPS) is 17.8. The number of nitrogens with one attached hydrogen (secondary N) is 1. The van der Waals surface area contributed by atoms with Crippen molar-refractivity contribution in [3.05, 3.63) is 34.9 Å². The molecule has 0 radical (unpaired) electrons. The van der Waals surface area contributed by atoms with Gasteiger partial charge >= 0.3 is 0 Å². The smallest absolute Gasteiger partial charge is 0.00228 e. The topological polar surface area (TPSA) is 12.0 Å². The van der Waals surface area contributed by atoms with Crippen molar-refractivity contribution >= 4 is 0 Å². The van der Waals surface area contributed by atoms with Gasteiger partial charge in [0.2, 0.25) is 0 Å². The lowest BCUT2D eigenvalue weighted by molar-refractivity contribution is 0.411. The maximum absolute atomic E-state index is 3.65. The quantitative estimate of drug-likeness (QED) is 0.738. The van der Waals surface area contributed by atoms with E-state index in [1.54, 1.807) is 5.56 Å². The van der Waals surface area contributed by atoms with Crippen molar-refractivity contribution in [3.63, 3.8) is 0 Å². The highest BCUT2D eigenvalue weighted by Gasteiger charge is 2.26. The third kappa shape index (κ3) is 4.07. The van der Waals surface area contributed by atoms with Crippen LogP contribution in [0.1, 0.15) is 61.6 Å². The lowest BCUT2D eigenvalue weighted by Gasteiger charge is -2.25. The Hall–Kier alpha value is -0.820. The van der Waals surface area contributed by atoms with Gasteiger partial charge in [-0.25, -0.2) is 0 Å². The molecule has 1 aromatic rings. The molecule has 1 aromatic carbocycles. The van der Waals surface area contributed by atoms with Gasteiger partial charge in [-0.05, 0) is 57.1 Å². The summed E-state index contributed by atoms with van der Waals surface area (Å²) in [5, 5.41) is 3.65. The number of rotatable bonds is 6. The molecule has 1 atom stereocenters. The standard InChI is InChI=1S/C18H29N/c1-4-9-19-13-18(16-7-5-6-8-16)17-11-14(2)10-15(3)12-17/h10-12,16,18-19H,4-9,13H2,1-3H3. The van der Waals surface area contributed by atoms with Gasteiger partial charge in [-0.15, -0.1) is 0 Å². The molecular formula is C18H29N. The second-order valence-corrected chi connectivity index (χ2v) is 6.28. The van der Waals surface area contributed by atoms with Gasteiger partial charge in [0, 0.05) is 6.54 Å². The Morgan fingerprint density at radius 3 is 2.32 bits per heavy atom. The fraction of sp³-hybridized carbons (Fsp3) is 0.667. The molecule has 0 saturated heterocycles. The average molecular weight is 259 g/mol. The predicted octanol–water partition coefficient (Wildman–Crippen LogP) is 4.58. The van der Waals surface area contributed by atoms with Crippen LogP contribution in [0.2, 0.25) is 0 Å². The highest BCUT2D eigenvalue weighted by molar-refractivity contribution is 5.31. The fourth-order valence-corrected chi connectivity index (χ4v) is 3.57. The van der Waals surface area contributed by atoms with E-state index in [1.165, 1.54) is 43.2 Å². The Morgan fingerprint density at radius 2 is 1.74 bits per heavy atom. The van der Waals surface area contributed by atoms with E-state index >= 15 is 0 Å². The summed E-state index contributed by atoms with van der Waals surface area (Å²) in [7, 11) is 0. The molecule has 1 heteroatoms.